The summed E-state index contributed by atoms with van der Waals surface area (Å²) in [5.74, 6) is 1.22. The number of carbonyl (C=O) groups excluding carboxylic acids is 1. The van der Waals surface area contributed by atoms with Crippen molar-refractivity contribution < 1.29 is 14.3 Å². The van der Waals surface area contributed by atoms with Crippen molar-refractivity contribution in [2.75, 3.05) is 37.0 Å². The number of hydrogen-bond acceptors (Lipinski definition) is 4. The molecule has 148 valence electrons. The maximum Gasteiger partial charge on any atom is 0.248 e. The van der Waals surface area contributed by atoms with Crippen molar-refractivity contribution in [2.45, 2.75) is 26.2 Å². The molecule has 0 unspecified atom stereocenters. The molecule has 5 nitrogen and oxygen atoms in total. The average molecular weight is 380 g/mol. The van der Waals surface area contributed by atoms with E-state index >= 15 is 0 Å². The van der Waals surface area contributed by atoms with E-state index in [1.54, 1.807) is 19.3 Å². The van der Waals surface area contributed by atoms with Crippen LogP contribution in [0.2, 0.25) is 0 Å². The second-order valence-electron chi connectivity index (χ2n) is 6.79. The Morgan fingerprint density at radius 1 is 1.14 bits per heavy atom. The van der Waals surface area contributed by atoms with Crippen LogP contribution in [-0.2, 0) is 4.79 Å². The minimum absolute atomic E-state index is 0.156. The Labute approximate surface area is 167 Å². The molecule has 1 aliphatic rings. The zero-order valence-corrected chi connectivity index (χ0v) is 16.6. The number of nitrogens with one attached hydrogen (secondary N) is 1. The van der Waals surface area contributed by atoms with Crippen molar-refractivity contribution in [3.63, 3.8) is 0 Å². The van der Waals surface area contributed by atoms with Crippen molar-refractivity contribution in [1.82, 2.24) is 0 Å². The fourth-order valence-electron chi connectivity index (χ4n) is 3.28. The third kappa shape index (κ3) is 5.06. The largest absolute Gasteiger partial charge is 0.493 e. The minimum atomic E-state index is -0.156. The molecule has 1 saturated heterocycles. The second-order valence-corrected chi connectivity index (χ2v) is 6.79. The molecule has 1 amide bonds. The zero-order valence-electron chi connectivity index (χ0n) is 16.6. The summed E-state index contributed by atoms with van der Waals surface area (Å²) in [6, 6.07) is 13.6. The number of amides is 1. The number of methoxy groups -OCH3 is 1. The van der Waals surface area contributed by atoms with E-state index in [1.807, 2.05) is 36.4 Å². The number of carbonyl (C=O) groups is 1. The first-order valence-electron chi connectivity index (χ1n) is 9.85. The van der Waals surface area contributed by atoms with Gasteiger partial charge in [-0.15, -0.1) is 0 Å². The molecular formula is C23H28N2O3. The van der Waals surface area contributed by atoms with E-state index in [1.165, 1.54) is 12.8 Å². The first-order chi connectivity index (χ1) is 13.7. The maximum absolute atomic E-state index is 12.4. The monoisotopic (exact) mass is 380 g/mol. The molecule has 0 radical (unpaired) electrons. The zero-order chi connectivity index (χ0) is 19.8. The molecule has 0 spiro atoms. The SMILES string of the molecule is CCCOc1ccc(/C=C/C(=O)Nc2ccccc2N2CCCC2)cc1OC. The summed E-state index contributed by atoms with van der Waals surface area (Å²) >= 11 is 0. The molecule has 28 heavy (non-hydrogen) atoms. The Bertz CT molecular complexity index is 826. The minimum Gasteiger partial charge on any atom is -0.493 e. The highest BCUT2D eigenvalue weighted by Gasteiger charge is 2.16. The highest BCUT2D eigenvalue weighted by Crippen LogP contribution is 2.30. The lowest BCUT2D eigenvalue weighted by Gasteiger charge is -2.21. The highest BCUT2D eigenvalue weighted by molar-refractivity contribution is 6.03. The van der Waals surface area contributed by atoms with Gasteiger partial charge in [0, 0.05) is 19.2 Å². The Morgan fingerprint density at radius 2 is 1.93 bits per heavy atom. The van der Waals surface area contributed by atoms with Crippen LogP contribution in [0.5, 0.6) is 11.5 Å². The molecule has 2 aromatic rings. The van der Waals surface area contributed by atoms with Gasteiger partial charge in [-0.2, -0.15) is 0 Å². The van der Waals surface area contributed by atoms with E-state index in [-0.39, 0.29) is 5.91 Å². The number of rotatable bonds is 8. The third-order valence-corrected chi connectivity index (χ3v) is 4.69. The molecule has 0 aromatic heterocycles. The van der Waals surface area contributed by atoms with Crippen molar-refractivity contribution in [3.05, 3.63) is 54.1 Å². The van der Waals surface area contributed by atoms with Gasteiger partial charge in [-0.25, -0.2) is 0 Å². The van der Waals surface area contributed by atoms with Gasteiger partial charge in [0.05, 0.1) is 25.1 Å². The first kappa shape index (κ1) is 19.8. The predicted octanol–water partition coefficient (Wildman–Crippen LogP) is 4.74. The molecule has 1 fully saturated rings. The van der Waals surface area contributed by atoms with Crippen LogP contribution >= 0.6 is 0 Å². The molecule has 0 bridgehead atoms. The van der Waals surface area contributed by atoms with Gasteiger partial charge in [0.2, 0.25) is 5.91 Å². The summed E-state index contributed by atoms with van der Waals surface area (Å²) in [6.45, 7) is 4.78. The fraction of sp³-hybridized carbons (Fsp3) is 0.348. The van der Waals surface area contributed by atoms with Gasteiger partial charge in [-0.3, -0.25) is 4.79 Å². The van der Waals surface area contributed by atoms with E-state index < -0.39 is 0 Å². The van der Waals surface area contributed by atoms with Crippen molar-refractivity contribution >= 4 is 23.4 Å². The van der Waals surface area contributed by atoms with Crippen LogP contribution < -0.4 is 19.7 Å². The van der Waals surface area contributed by atoms with Gasteiger partial charge in [0.1, 0.15) is 0 Å². The lowest BCUT2D eigenvalue weighted by atomic mass is 10.2. The van der Waals surface area contributed by atoms with Crippen LogP contribution in [0.3, 0.4) is 0 Å². The van der Waals surface area contributed by atoms with E-state index in [0.29, 0.717) is 18.1 Å². The number of nitrogens with zero attached hydrogens (tertiary/aromatic N) is 1. The van der Waals surface area contributed by atoms with Crippen LogP contribution in [0.4, 0.5) is 11.4 Å². The number of anilines is 2. The van der Waals surface area contributed by atoms with Gasteiger partial charge in [-0.05, 0) is 55.2 Å². The number of ether oxygens (including phenoxy) is 2. The number of para-hydroxylation sites is 2. The molecule has 0 saturated carbocycles. The smallest absolute Gasteiger partial charge is 0.248 e. The summed E-state index contributed by atoms with van der Waals surface area (Å²) in [5.41, 5.74) is 2.81. The molecule has 5 heteroatoms. The van der Waals surface area contributed by atoms with Crippen LogP contribution in [0.1, 0.15) is 31.7 Å². The van der Waals surface area contributed by atoms with Gasteiger partial charge >= 0.3 is 0 Å². The van der Waals surface area contributed by atoms with Crippen molar-refractivity contribution in [1.29, 1.82) is 0 Å². The van der Waals surface area contributed by atoms with Crippen LogP contribution in [0.25, 0.3) is 6.08 Å². The Morgan fingerprint density at radius 3 is 2.68 bits per heavy atom. The predicted molar refractivity (Wildman–Crippen MR) is 114 cm³/mol. The van der Waals surface area contributed by atoms with Gasteiger partial charge in [0.15, 0.2) is 11.5 Å². The van der Waals surface area contributed by atoms with Crippen molar-refractivity contribution in [3.8, 4) is 11.5 Å². The van der Waals surface area contributed by atoms with Crippen molar-refractivity contribution in [2.24, 2.45) is 0 Å². The molecule has 0 atom stereocenters. The molecule has 1 heterocycles. The Kier molecular flexibility index (Phi) is 6.95. The maximum atomic E-state index is 12.4. The fourth-order valence-corrected chi connectivity index (χ4v) is 3.28. The summed E-state index contributed by atoms with van der Waals surface area (Å²) < 4.78 is 11.1. The lowest BCUT2D eigenvalue weighted by Crippen LogP contribution is -2.20. The molecule has 2 aromatic carbocycles. The molecular weight excluding hydrogens is 352 g/mol. The average Bonchev–Trinajstić information content (AvgIpc) is 3.26. The molecule has 1 aliphatic heterocycles. The summed E-state index contributed by atoms with van der Waals surface area (Å²) in [6.07, 6.45) is 6.65. The van der Waals surface area contributed by atoms with Crippen LogP contribution in [0, 0.1) is 0 Å². The topological polar surface area (TPSA) is 50.8 Å². The van der Waals surface area contributed by atoms with E-state index in [0.717, 1.165) is 36.4 Å². The normalized spacial score (nSPS) is 13.7. The summed E-state index contributed by atoms with van der Waals surface area (Å²) in [4.78, 5) is 14.8. The Balaban J connectivity index is 1.67. The summed E-state index contributed by atoms with van der Waals surface area (Å²) in [5, 5.41) is 3.00. The van der Waals surface area contributed by atoms with Crippen LogP contribution in [0.15, 0.2) is 48.5 Å². The van der Waals surface area contributed by atoms with E-state index in [2.05, 4.69) is 23.2 Å². The van der Waals surface area contributed by atoms with Gasteiger partial charge in [0.25, 0.3) is 0 Å². The third-order valence-electron chi connectivity index (χ3n) is 4.69. The highest BCUT2D eigenvalue weighted by atomic mass is 16.5. The first-order valence-corrected chi connectivity index (χ1v) is 9.85. The molecule has 0 aliphatic carbocycles. The Hall–Kier alpha value is -2.95. The second kappa shape index (κ2) is 9.83. The lowest BCUT2D eigenvalue weighted by molar-refractivity contribution is -0.111. The van der Waals surface area contributed by atoms with Gasteiger partial charge < -0.3 is 19.7 Å². The quantitative estimate of drug-likeness (QED) is 0.672. The molecule has 1 N–H and O–H groups in total. The van der Waals surface area contributed by atoms with E-state index in [9.17, 15) is 4.79 Å². The number of benzene rings is 2. The van der Waals surface area contributed by atoms with E-state index in [4.69, 9.17) is 9.47 Å². The number of hydrogen-bond donors (Lipinski definition) is 1. The summed E-state index contributed by atoms with van der Waals surface area (Å²) in [7, 11) is 1.61. The van der Waals surface area contributed by atoms with Crippen LogP contribution in [-0.4, -0.2) is 32.7 Å². The molecule has 3 rings (SSSR count). The van der Waals surface area contributed by atoms with Gasteiger partial charge in [-0.1, -0.05) is 25.1 Å². The standard InChI is InChI=1S/C23H28N2O3/c1-3-16-28-21-12-10-18(17-22(21)27-2)11-13-23(26)24-19-8-4-5-9-20(19)25-14-6-7-15-25/h4-5,8-13,17H,3,6-7,14-16H2,1-2H3,(H,24,26)/b13-11+.